The van der Waals surface area contributed by atoms with Gasteiger partial charge >= 0.3 is 0 Å². The summed E-state index contributed by atoms with van der Waals surface area (Å²) < 4.78 is 10.9. The summed E-state index contributed by atoms with van der Waals surface area (Å²) in [6, 6.07) is 9.54. The molecule has 0 saturated carbocycles. The van der Waals surface area contributed by atoms with E-state index in [1.54, 1.807) is 0 Å². The lowest BCUT2D eigenvalue weighted by Crippen LogP contribution is -2.37. The van der Waals surface area contributed by atoms with Crippen LogP contribution in [0.2, 0.25) is 0 Å². The molecule has 4 nitrogen and oxygen atoms in total. The third kappa shape index (κ3) is 5.07. The predicted octanol–water partition coefficient (Wildman–Crippen LogP) is 2.35. The first-order chi connectivity index (χ1) is 8.65. The van der Waals surface area contributed by atoms with Crippen molar-refractivity contribution < 1.29 is 9.47 Å². The van der Waals surface area contributed by atoms with Crippen LogP contribution in [0, 0.1) is 11.3 Å². The molecule has 1 aromatic rings. The van der Waals surface area contributed by atoms with E-state index in [1.165, 1.54) is 0 Å². The van der Waals surface area contributed by atoms with Gasteiger partial charge in [0.1, 0.15) is 24.1 Å². The molecule has 1 rings (SSSR count). The van der Waals surface area contributed by atoms with Crippen molar-refractivity contribution in [2.24, 2.45) is 0 Å². The Hall–Kier alpha value is -1.73. The van der Waals surface area contributed by atoms with E-state index in [0.717, 1.165) is 11.5 Å². The lowest BCUT2D eigenvalue weighted by Gasteiger charge is -2.15. The van der Waals surface area contributed by atoms with Crippen molar-refractivity contribution >= 4 is 0 Å². The van der Waals surface area contributed by atoms with Crippen LogP contribution in [0.1, 0.15) is 20.8 Å². The van der Waals surface area contributed by atoms with E-state index >= 15 is 0 Å². The average molecular weight is 248 g/mol. The molecule has 0 fully saturated rings. The highest BCUT2D eigenvalue weighted by atomic mass is 16.5. The molecule has 0 amide bonds. The first-order valence-electron chi connectivity index (χ1n) is 6.17. The van der Waals surface area contributed by atoms with Gasteiger partial charge < -0.3 is 9.47 Å². The van der Waals surface area contributed by atoms with Crippen LogP contribution in [0.3, 0.4) is 0 Å². The Balaban J connectivity index is 2.45. The van der Waals surface area contributed by atoms with Gasteiger partial charge in [0.05, 0.1) is 12.7 Å². The van der Waals surface area contributed by atoms with Gasteiger partial charge in [0, 0.05) is 6.04 Å². The van der Waals surface area contributed by atoms with Gasteiger partial charge in [-0.15, -0.1) is 0 Å². The fourth-order valence-electron chi connectivity index (χ4n) is 1.50. The van der Waals surface area contributed by atoms with Crippen LogP contribution in [-0.4, -0.2) is 25.3 Å². The minimum absolute atomic E-state index is 0.263. The highest BCUT2D eigenvalue weighted by Crippen LogP contribution is 2.17. The first kappa shape index (κ1) is 14.3. The second kappa shape index (κ2) is 7.57. The van der Waals surface area contributed by atoms with E-state index in [2.05, 4.69) is 11.4 Å². The van der Waals surface area contributed by atoms with Crippen LogP contribution in [-0.2, 0) is 0 Å². The van der Waals surface area contributed by atoms with E-state index in [4.69, 9.17) is 14.7 Å². The molecule has 0 saturated heterocycles. The number of benzene rings is 1. The number of nitrogens with one attached hydrogen (secondary N) is 1. The van der Waals surface area contributed by atoms with E-state index in [1.807, 2.05) is 45.0 Å². The maximum Gasteiger partial charge on any atom is 0.130 e. The van der Waals surface area contributed by atoms with Gasteiger partial charge in [-0.2, -0.15) is 5.26 Å². The minimum Gasteiger partial charge on any atom is -0.494 e. The van der Waals surface area contributed by atoms with Crippen LogP contribution in [0.25, 0.3) is 0 Å². The van der Waals surface area contributed by atoms with Gasteiger partial charge in [-0.05, 0) is 45.0 Å². The van der Waals surface area contributed by atoms with Crippen LogP contribution >= 0.6 is 0 Å². The van der Waals surface area contributed by atoms with Gasteiger partial charge in [-0.1, -0.05) is 0 Å². The molecule has 0 radical (unpaired) electrons. The topological polar surface area (TPSA) is 54.3 Å². The van der Waals surface area contributed by atoms with Gasteiger partial charge in [-0.3, -0.25) is 5.32 Å². The molecular formula is C14H20N2O2. The summed E-state index contributed by atoms with van der Waals surface area (Å²) in [7, 11) is 0. The van der Waals surface area contributed by atoms with E-state index in [9.17, 15) is 0 Å². The Bertz CT molecular complexity index is 382. The summed E-state index contributed by atoms with van der Waals surface area (Å²) in [4.78, 5) is 0. The SMILES string of the molecule is CCOc1ccc(OCC(C#N)NC(C)C)cc1. The molecule has 0 aliphatic rings. The van der Waals surface area contributed by atoms with Crippen molar-refractivity contribution in [1.82, 2.24) is 5.32 Å². The quantitative estimate of drug-likeness (QED) is 0.804. The Morgan fingerprint density at radius 1 is 1.17 bits per heavy atom. The lowest BCUT2D eigenvalue weighted by atomic mass is 10.3. The van der Waals surface area contributed by atoms with Crippen molar-refractivity contribution in [2.75, 3.05) is 13.2 Å². The highest BCUT2D eigenvalue weighted by molar-refractivity contribution is 5.31. The molecule has 18 heavy (non-hydrogen) atoms. The summed E-state index contributed by atoms with van der Waals surface area (Å²) in [5.74, 6) is 1.56. The number of hydrogen-bond acceptors (Lipinski definition) is 4. The standard InChI is InChI=1S/C14H20N2O2/c1-4-17-13-5-7-14(8-6-13)18-10-12(9-15)16-11(2)3/h5-8,11-12,16H,4,10H2,1-3H3. The largest absolute Gasteiger partial charge is 0.494 e. The molecule has 1 N–H and O–H groups in total. The number of ether oxygens (including phenoxy) is 2. The molecule has 1 aromatic carbocycles. The van der Waals surface area contributed by atoms with Gasteiger partial charge in [0.15, 0.2) is 0 Å². The Morgan fingerprint density at radius 3 is 2.17 bits per heavy atom. The Kier molecular flexibility index (Phi) is 6.03. The second-order valence-electron chi connectivity index (χ2n) is 4.22. The van der Waals surface area contributed by atoms with E-state index in [0.29, 0.717) is 13.2 Å². The summed E-state index contributed by atoms with van der Waals surface area (Å²) in [6.07, 6.45) is 0. The summed E-state index contributed by atoms with van der Waals surface area (Å²) in [6.45, 7) is 6.93. The lowest BCUT2D eigenvalue weighted by molar-refractivity contribution is 0.281. The van der Waals surface area contributed by atoms with Gasteiger partial charge in [0.2, 0.25) is 0 Å². The maximum absolute atomic E-state index is 8.95. The second-order valence-corrected chi connectivity index (χ2v) is 4.22. The molecular weight excluding hydrogens is 228 g/mol. The van der Waals surface area contributed by atoms with Gasteiger partial charge in [0.25, 0.3) is 0 Å². The molecule has 98 valence electrons. The number of nitriles is 1. The van der Waals surface area contributed by atoms with E-state index in [-0.39, 0.29) is 12.1 Å². The van der Waals surface area contributed by atoms with Crippen LogP contribution in [0.5, 0.6) is 11.5 Å². The summed E-state index contributed by atoms with van der Waals surface area (Å²) in [5, 5.41) is 12.1. The van der Waals surface area contributed by atoms with Crippen molar-refractivity contribution in [2.45, 2.75) is 32.9 Å². The zero-order valence-corrected chi connectivity index (χ0v) is 11.1. The average Bonchev–Trinajstić information content (AvgIpc) is 2.36. The minimum atomic E-state index is -0.295. The maximum atomic E-state index is 8.95. The predicted molar refractivity (Wildman–Crippen MR) is 70.8 cm³/mol. The molecule has 0 aliphatic heterocycles. The number of rotatable bonds is 7. The molecule has 4 heteroatoms. The Labute approximate surface area is 109 Å². The molecule has 1 atom stereocenters. The molecule has 0 heterocycles. The monoisotopic (exact) mass is 248 g/mol. The molecule has 0 aliphatic carbocycles. The molecule has 1 unspecified atom stereocenters. The van der Waals surface area contributed by atoms with Crippen LogP contribution < -0.4 is 14.8 Å². The van der Waals surface area contributed by atoms with Crippen molar-refractivity contribution in [1.29, 1.82) is 5.26 Å². The van der Waals surface area contributed by atoms with Crippen molar-refractivity contribution in [3.63, 3.8) is 0 Å². The fraction of sp³-hybridized carbons (Fsp3) is 0.500. The third-order valence-electron chi connectivity index (χ3n) is 2.24. The van der Waals surface area contributed by atoms with E-state index < -0.39 is 0 Å². The van der Waals surface area contributed by atoms with Crippen molar-refractivity contribution in [3.05, 3.63) is 24.3 Å². The normalized spacial score (nSPS) is 11.9. The smallest absolute Gasteiger partial charge is 0.130 e. The molecule has 0 bridgehead atoms. The summed E-state index contributed by atoms with van der Waals surface area (Å²) in [5.41, 5.74) is 0. The van der Waals surface area contributed by atoms with Crippen LogP contribution in [0.15, 0.2) is 24.3 Å². The van der Waals surface area contributed by atoms with Crippen molar-refractivity contribution in [3.8, 4) is 17.6 Å². The highest BCUT2D eigenvalue weighted by Gasteiger charge is 2.09. The summed E-state index contributed by atoms with van der Waals surface area (Å²) >= 11 is 0. The first-order valence-corrected chi connectivity index (χ1v) is 6.17. The molecule has 0 spiro atoms. The number of nitrogens with zero attached hydrogens (tertiary/aromatic N) is 1. The van der Waals surface area contributed by atoms with Crippen LogP contribution in [0.4, 0.5) is 0 Å². The third-order valence-corrected chi connectivity index (χ3v) is 2.24. The fourth-order valence-corrected chi connectivity index (χ4v) is 1.50. The zero-order chi connectivity index (χ0) is 13.4. The number of hydrogen-bond donors (Lipinski definition) is 1. The molecule has 0 aromatic heterocycles. The zero-order valence-electron chi connectivity index (χ0n) is 11.1. The Morgan fingerprint density at radius 2 is 1.72 bits per heavy atom. The van der Waals surface area contributed by atoms with Gasteiger partial charge in [-0.25, -0.2) is 0 Å².